The van der Waals surface area contributed by atoms with Crippen molar-refractivity contribution in [3.8, 4) is 6.07 Å². The molecule has 0 aliphatic heterocycles. The van der Waals surface area contributed by atoms with Crippen LogP contribution in [0, 0.1) is 11.3 Å². The van der Waals surface area contributed by atoms with Gasteiger partial charge < -0.3 is 20.3 Å². The van der Waals surface area contributed by atoms with E-state index in [4.69, 9.17) is 4.74 Å². The van der Waals surface area contributed by atoms with E-state index in [1.54, 1.807) is 18.2 Å². The Bertz CT molecular complexity index is 828. The zero-order chi connectivity index (χ0) is 19.3. The Balaban J connectivity index is 1.50. The lowest BCUT2D eigenvalue weighted by Crippen LogP contribution is -2.35. The van der Waals surface area contributed by atoms with Gasteiger partial charge in [0.1, 0.15) is 18.8 Å². The number of alkyl carbamates (subject to hydrolysis) is 1. The molecule has 27 heavy (non-hydrogen) atoms. The number of nitriles is 1. The molecule has 1 aliphatic rings. The van der Waals surface area contributed by atoms with Crippen molar-refractivity contribution in [1.29, 1.82) is 5.26 Å². The van der Waals surface area contributed by atoms with Crippen LogP contribution >= 0.6 is 0 Å². The van der Waals surface area contributed by atoms with Crippen LogP contribution in [0.5, 0.6) is 0 Å². The first kappa shape index (κ1) is 18.9. The topological polar surface area (TPSA) is 103 Å². The molecule has 0 spiro atoms. The molecule has 1 aliphatic carbocycles. The Hall–Kier alpha value is -2.88. The third-order valence-corrected chi connectivity index (χ3v) is 4.78. The summed E-state index contributed by atoms with van der Waals surface area (Å²) in [5.74, 6) is 0. The molecule has 0 bridgehead atoms. The Morgan fingerprint density at radius 1 is 1.19 bits per heavy atom. The second kappa shape index (κ2) is 8.21. The maximum atomic E-state index is 11.8. The van der Waals surface area contributed by atoms with Gasteiger partial charge in [-0.15, -0.1) is 0 Å². The largest absolute Gasteiger partial charge is 0.445 e. The number of carbonyl (C=O) groups excluding carboxylic acids is 1. The van der Waals surface area contributed by atoms with Gasteiger partial charge in [-0.2, -0.15) is 5.26 Å². The molecule has 0 aromatic heterocycles. The summed E-state index contributed by atoms with van der Waals surface area (Å²) in [6.07, 6.45) is -1.42. The summed E-state index contributed by atoms with van der Waals surface area (Å²) in [7, 11) is 0. The highest BCUT2D eigenvalue weighted by atomic mass is 16.5. The first-order valence-electron chi connectivity index (χ1n) is 8.86. The molecular formula is C21H22N2O4. The quantitative estimate of drug-likeness (QED) is 0.699. The molecule has 2 aromatic carbocycles. The molecule has 6 nitrogen and oxygen atoms in total. The van der Waals surface area contributed by atoms with Crippen molar-refractivity contribution in [1.82, 2.24) is 5.32 Å². The number of hydrogen-bond acceptors (Lipinski definition) is 5. The SMILES string of the molecule is N#CC1(c2cccc(C(O)C(O)CNC(=O)OCc3ccccc3)c2)CC1. The predicted octanol–water partition coefficient (Wildman–Crippen LogP) is 2.56. The van der Waals surface area contributed by atoms with Crippen molar-refractivity contribution < 1.29 is 19.7 Å². The minimum Gasteiger partial charge on any atom is -0.445 e. The van der Waals surface area contributed by atoms with E-state index in [9.17, 15) is 20.3 Å². The molecule has 2 unspecified atom stereocenters. The van der Waals surface area contributed by atoms with Crippen molar-refractivity contribution in [3.05, 3.63) is 71.3 Å². The van der Waals surface area contributed by atoms with Crippen molar-refractivity contribution in [3.63, 3.8) is 0 Å². The van der Waals surface area contributed by atoms with Crippen LogP contribution in [0.1, 0.15) is 35.6 Å². The van der Waals surface area contributed by atoms with Crippen LogP contribution in [0.4, 0.5) is 4.79 Å². The van der Waals surface area contributed by atoms with Crippen molar-refractivity contribution >= 4 is 6.09 Å². The molecule has 1 amide bonds. The molecule has 140 valence electrons. The van der Waals surface area contributed by atoms with E-state index in [-0.39, 0.29) is 13.2 Å². The number of nitrogens with zero attached hydrogens (tertiary/aromatic N) is 1. The van der Waals surface area contributed by atoms with Crippen LogP contribution in [0.3, 0.4) is 0 Å². The molecule has 2 atom stereocenters. The Morgan fingerprint density at radius 2 is 1.93 bits per heavy atom. The van der Waals surface area contributed by atoms with Gasteiger partial charge in [0.15, 0.2) is 0 Å². The molecule has 0 heterocycles. The molecule has 0 saturated heterocycles. The molecule has 1 fully saturated rings. The highest BCUT2D eigenvalue weighted by molar-refractivity contribution is 5.67. The van der Waals surface area contributed by atoms with Gasteiger partial charge in [0.2, 0.25) is 0 Å². The van der Waals surface area contributed by atoms with Gasteiger partial charge >= 0.3 is 6.09 Å². The summed E-state index contributed by atoms with van der Waals surface area (Å²) in [4.78, 5) is 11.8. The second-order valence-corrected chi connectivity index (χ2v) is 6.77. The number of aliphatic hydroxyl groups is 2. The van der Waals surface area contributed by atoms with Crippen LogP contribution in [0.2, 0.25) is 0 Å². The predicted molar refractivity (Wildman–Crippen MR) is 98.6 cm³/mol. The first-order valence-corrected chi connectivity index (χ1v) is 8.86. The molecule has 3 N–H and O–H groups in total. The van der Waals surface area contributed by atoms with Crippen molar-refractivity contribution in [2.75, 3.05) is 6.54 Å². The van der Waals surface area contributed by atoms with E-state index < -0.39 is 23.7 Å². The van der Waals surface area contributed by atoms with Crippen LogP contribution in [-0.4, -0.2) is 29.0 Å². The van der Waals surface area contributed by atoms with Crippen LogP contribution in [0.15, 0.2) is 54.6 Å². The molecule has 2 aromatic rings. The summed E-state index contributed by atoms with van der Waals surface area (Å²) < 4.78 is 5.07. The molecular weight excluding hydrogens is 344 g/mol. The zero-order valence-corrected chi connectivity index (χ0v) is 14.8. The smallest absolute Gasteiger partial charge is 0.407 e. The maximum Gasteiger partial charge on any atom is 0.407 e. The fourth-order valence-corrected chi connectivity index (χ4v) is 2.91. The van der Waals surface area contributed by atoms with Gasteiger partial charge in [0.05, 0.1) is 11.5 Å². The normalized spacial score (nSPS) is 16.6. The van der Waals surface area contributed by atoms with Crippen LogP contribution < -0.4 is 5.32 Å². The number of rotatable bonds is 7. The van der Waals surface area contributed by atoms with E-state index >= 15 is 0 Å². The number of nitrogens with one attached hydrogen (secondary N) is 1. The molecule has 1 saturated carbocycles. The lowest BCUT2D eigenvalue weighted by atomic mass is 9.93. The highest BCUT2D eigenvalue weighted by Crippen LogP contribution is 2.47. The number of benzene rings is 2. The van der Waals surface area contributed by atoms with Crippen LogP contribution in [0.25, 0.3) is 0 Å². The fraction of sp³-hybridized carbons (Fsp3) is 0.333. The summed E-state index contributed by atoms with van der Waals surface area (Å²) in [5.41, 5.74) is 1.77. The average Bonchev–Trinajstić information content (AvgIpc) is 3.52. The number of amides is 1. The Kier molecular flexibility index (Phi) is 5.75. The van der Waals surface area contributed by atoms with E-state index in [0.29, 0.717) is 5.56 Å². The van der Waals surface area contributed by atoms with E-state index in [0.717, 1.165) is 24.0 Å². The zero-order valence-electron chi connectivity index (χ0n) is 14.8. The standard InChI is InChI=1S/C21H22N2O4/c22-14-21(9-10-21)17-8-4-7-16(11-17)19(25)18(24)12-23-20(26)27-13-15-5-2-1-3-6-15/h1-8,11,18-19,24-25H,9-10,12-13H2,(H,23,26). The lowest BCUT2D eigenvalue weighted by Gasteiger charge is -2.20. The number of carbonyl (C=O) groups is 1. The first-order chi connectivity index (χ1) is 13.0. The molecule has 3 rings (SSSR count). The maximum absolute atomic E-state index is 11.8. The van der Waals surface area contributed by atoms with Gasteiger partial charge in [-0.05, 0) is 29.5 Å². The van der Waals surface area contributed by atoms with Crippen LogP contribution in [-0.2, 0) is 16.8 Å². The molecule has 6 heteroatoms. The minimum atomic E-state index is -1.19. The third kappa shape index (κ3) is 4.64. The third-order valence-electron chi connectivity index (χ3n) is 4.78. The fourth-order valence-electron chi connectivity index (χ4n) is 2.91. The number of aliphatic hydroxyl groups excluding tert-OH is 2. The van der Waals surface area contributed by atoms with Gasteiger partial charge in [0.25, 0.3) is 0 Å². The second-order valence-electron chi connectivity index (χ2n) is 6.77. The van der Waals surface area contributed by atoms with E-state index in [1.165, 1.54) is 0 Å². The summed E-state index contributed by atoms with van der Waals surface area (Å²) in [5, 5.41) is 32.3. The monoisotopic (exact) mass is 366 g/mol. The van der Waals surface area contributed by atoms with Gasteiger partial charge in [-0.3, -0.25) is 0 Å². The van der Waals surface area contributed by atoms with Gasteiger partial charge in [-0.25, -0.2) is 4.79 Å². The summed E-state index contributed by atoms with van der Waals surface area (Å²) >= 11 is 0. The van der Waals surface area contributed by atoms with Gasteiger partial charge in [-0.1, -0.05) is 54.6 Å². The van der Waals surface area contributed by atoms with E-state index in [2.05, 4.69) is 11.4 Å². The highest BCUT2D eigenvalue weighted by Gasteiger charge is 2.45. The van der Waals surface area contributed by atoms with Crippen molar-refractivity contribution in [2.24, 2.45) is 0 Å². The Labute approximate surface area is 158 Å². The molecule has 0 radical (unpaired) electrons. The summed E-state index contributed by atoms with van der Waals surface area (Å²) in [6.45, 7) is -0.0218. The number of ether oxygens (including phenoxy) is 1. The van der Waals surface area contributed by atoms with E-state index in [1.807, 2.05) is 36.4 Å². The number of hydrogen-bond donors (Lipinski definition) is 3. The minimum absolute atomic E-state index is 0.129. The Morgan fingerprint density at radius 3 is 2.59 bits per heavy atom. The summed E-state index contributed by atoms with van der Waals surface area (Å²) in [6, 6.07) is 18.6. The average molecular weight is 366 g/mol. The lowest BCUT2D eigenvalue weighted by molar-refractivity contribution is 0.0183. The van der Waals surface area contributed by atoms with Crippen molar-refractivity contribution in [2.45, 2.75) is 37.1 Å². The van der Waals surface area contributed by atoms with Gasteiger partial charge in [0, 0.05) is 6.54 Å².